The molecule has 1 unspecified atom stereocenters. The first kappa shape index (κ1) is 26.8. The summed E-state index contributed by atoms with van der Waals surface area (Å²) in [6.45, 7) is 4.29. The van der Waals surface area contributed by atoms with Crippen LogP contribution in [0.4, 0.5) is 17.6 Å². The summed E-state index contributed by atoms with van der Waals surface area (Å²) in [5, 5.41) is 0. The first-order valence-corrected chi connectivity index (χ1v) is 13.3. The molecule has 3 heterocycles. The first-order chi connectivity index (χ1) is 17.3. The highest BCUT2D eigenvalue weighted by Crippen LogP contribution is 2.35. The molecule has 2 aliphatic heterocycles. The van der Waals surface area contributed by atoms with Crippen molar-refractivity contribution in [2.75, 3.05) is 26.3 Å². The average molecular weight is 508 g/mol. The normalized spacial score (nSPS) is 26.6. The Kier molecular flexibility index (Phi) is 8.86. The second-order valence-corrected chi connectivity index (χ2v) is 10.4. The fourth-order valence-corrected chi connectivity index (χ4v) is 6.17. The van der Waals surface area contributed by atoms with Gasteiger partial charge in [0.05, 0.1) is 5.56 Å². The molecule has 1 amide bonds. The van der Waals surface area contributed by atoms with Gasteiger partial charge >= 0.3 is 6.18 Å². The van der Waals surface area contributed by atoms with Crippen molar-refractivity contribution in [3.05, 3.63) is 52.9 Å². The number of fused-ring (bicyclic) bond motifs is 1. The molecule has 1 saturated heterocycles. The highest BCUT2D eigenvalue weighted by Gasteiger charge is 2.37. The SMILES string of the molecule is C/C=C(\C=C/CF)C1CCCCN([C@H]2CC[C@H](C(=O)N3CCc4ncc(C(F)(F)F)cc4C3)C2)CC1. The van der Waals surface area contributed by atoms with E-state index in [0.717, 1.165) is 70.3 Å². The van der Waals surface area contributed by atoms with Crippen molar-refractivity contribution in [1.29, 1.82) is 0 Å². The van der Waals surface area contributed by atoms with Crippen molar-refractivity contribution in [2.45, 2.75) is 77.1 Å². The molecule has 4 rings (SSSR count). The molecule has 198 valence electrons. The lowest BCUT2D eigenvalue weighted by Gasteiger charge is -2.34. The summed E-state index contributed by atoms with van der Waals surface area (Å²) in [5.41, 5.74) is 1.62. The molecular formula is C28H37F4N3O. The zero-order valence-electron chi connectivity index (χ0n) is 21.1. The molecule has 3 aliphatic rings. The fourth-order valence-electron chi connectivity index (χ4n) is 6.17. The molecule has 1 aromatic rings. The van der Waals surface area contributed by atoms with E-state index < -0.39 is 18.4 Å². The van der Waals surface area contributed by atoms with Crippen LogP contribution in [0.2, 0.25) is 0 Å². The van der Waals surface area contributed by atoms with Crippen LogP contribution in [-0.2, 0) is 23.9 Å². The smallest absolute Gasteiger partial charge is 0.338 e. The largest absolute Gasteiger partial charge is 0.417 e. The monoisotopic (exact) mass is 507 g/mol. The lowest BCUT2D eigenvalue weighted by molar-refractivity contribution is -0.138. The van der Waals surface area contributed by atoms with Crippen molar-refractivity contribution >= 4 is 5.91 Å². The summed E-state index contributed by atoms with van der Waals surface area (Å²) in [5.74, 6) is 0.427. The Morgan fingerprint density at radius 1 is 1.11 bits per heavy atom. The number of pyridine rings is 1. The molecule has 0 aromatic carbocycles. The van der Waals surface area contributed by atoms with Crippen molar-refractivity contribution in [3.8, 4) is 0 Å². The molecule has 8 heteroatoms. The third-order valence-electron chi connectivity index (χ3n) is 8.17. The number of carbonyl (C=O) groups excluding carboxylic acids is 1. The highest BCUT2D eigenvalue weighted by atomic mass is 19.4. The van der Waals surface area contributed by atoms with Crippen LogP contribution in [0.3, 0.4) is 0 Å². The average Bonchev–Trinajstić information content (AvgIpc) is 3.34. The minimum atomic E-state index is -4.44. The molecule has 0 bridgehead atoms. The predicted octanol–water partition coefficient (Wildman–Crippen LogP) is 6.12. The molecule has 0 spiro atoms. The second kappa shape index (κ2) is 11.9. The van der Waals surface area contributed by atoms with E-state index in [1.807, 2.05) is 13.0 Å². The summed E-state index contributed by atoms with van der Waals surface area (Å²) in [6.07, 6.45) is 9.57. The zero-order chi connectivity index (χ0) is 25.7. The van der Waals surface area contributed by atoms with E-state index in [4.69, 9.17) is 0 Å². The number of carbonyl (C=O) groups is 1. The van der Waals surface area contributed by atoms with Crippen molar-refractivity contribution in [2.24, 2.45) is 11.8 Å². The lowest BCUT2D eigenvalue weighted by atomic mass is 9.88. The standard InChI is InChI=1S/C28H37F4N3O/c1-2-20(7-5-12-29)21-6-3-4-13-34(14-10-21)25-9-8-22(17-25)27(36)35-15-11-26-23(19-35)16-24(18-33-26)28(30,31)32/h2,5,7,16,18,21-22,25H,3-4,6,8-15,17,19H2,1H3/b7-5-,20-2+/t21?,22-,25-/m0/s1. The third kappa shape index (κ3) is 6.36. The summed E-state index contributed by atoms with van der Waals surface area (Å²) >= 11 is 0. The van der Waals surface area contributed by atoms with E-state index in [1.165, 1.54) is 5.57 Å². The maximum Gasteiger partial charge on any atom is 0.417 e. The van der Waals surface area contributed by atoms with Crippen LogP contribution < -0.4 is 0 Å². The Bertz CT molecular complexity index is 974. The number of halogens is 4. The van der Waals surface area contributed by atoms with E-state index >= 15 is 0 Å². The summed E-state index contributed by atoms with van der Waals surface area (Å²) in [6, 6.07) is 1.51. The Hall–Kier alpha value is -2.22. The van der Waals surface area contributed by atoms with E-state index in [-0.39, 0.29) is 18.4 Å². The summed E-state index contributed by atoms with van der Waals surface area (Å²) in [4.78, 5) is 21.6. The van der Waals surface area contributed by atoms with Crippen LogP contribution in [0.1, 0.15) is 68.7 Å². The predicted molar refractivity (Wildman–Crippen MR) is 132 cm³/mol. The molecule has 4 nitrogen and oxygen atoms in total. The number of rotatable bonds is 5. The molecule has 0 radical (unpaired) electrons. The van der Waals surface area contributed by atoms with Crippen molar-refractivity contribution in [3.63, 3.8) is 0 Å². The minimum Gasteiger partial charge on any atom is -0.338 e. The Balaban J connectivity index is 1.35. The van der Waals surface area contributed by atoms with Crippen LogP contribution in [0.25, 0.3) is 0 Å². The molecule has 1 aromatic heterocycles. The van der Waals surface area contributed by atoms with Gasteiger partial charge in [0, 0.05) is 43.4 Å². The van der Waals surface area contributed by atoms with E-state index in [2.05, 4.69) is 16.0 Å². The van der Waals surface area contributed by atoms with Gasteiger partial charge in [0.2, 0.25) is 5.91 Å². The van der Waals surface area contributed by atoms with Gasteiger partial charge in [-0.3, -0.25) is 9.78 Å². The van der Waals surface area contributed by atoms with Crippen molar-refractivity contribution in [1.82, 2.24) is 14.8 Å². The lowest BCUT2D eigenvalue weighted by Crippen LogP contribution is -2.41. The number of aromatic nitrogens is 1. The van der Waals surface area contributed by atoms with Gasteiger partial charge in [-0.15, -0.1) is 0 Å². The molecule has 0 N–H and O–H groups in total. The topological polar surface area (TPSA) is 36.4 Å². The molecule has 36 heavy (non-hydrogen) atoms. The van der Waals surface area contributed by atoms with E-state index in [0.29, 0.717) is 36.2 Å². The van der Waals surface area contributed by atoms with Crippen LogP contribution in [0, 0.1) is 11.8 Å². The first-order valence-electron chi connectivity index (χ1n) is 13.3. The molecular weight excluding hydrogens is 470 g/mol. The van der Waals surface area contributed by atoms with Gasteiger partial charge in [-0.25, -0.2) is 4.39 Å². The third-order valence-corrected chi connectivity index (χ3v) is 8.17. The van der Waals surface area contributed by atoms with Crippen molar-refractivity contribution < 1.29 is 22.4 Å². The fraction of sp³-hybridized carbons (Fsp3) is 0.643. The van der Waals surface area contributed by atoms with Gasteiger partial charge in [-0.1, -0.05) is 24.6 Å². The second-order valence-electron chi connectivity index (χ2n) is 10.4. The van der Waals surface area contributed by atoms with Gasteiger partial charge in [0.15, 0.2) is 0 Å². The van der Waals surface area contributed by atoms with Gasteiger partial charge in [-0.05, 0) is 81.7 Å². The maximum absolute atomic E-state index is 13.3. The van der Waals surface area contributed by atoms with E-state index in [9.17, 15) is 22.4 Å². The molecule has 3 atom stereocenters. The maximum atomic E-state index is 13.3. The van der Waals surface area contributed by atoms with Crippen LogP contribution in [0.15, 0.2) is 36.1 Å². The van der Waals surface area contributed by atoms with Crippen LogP contribution >= 0.6 is 0 Å². The zero-order valence-corrected chi connectivity index (χ0v) is 21.1. The highest BCUT2D eigenvalue weighted by molar-refractivity contribution is 5.79. The van der Waals surface area contributed by atoms with Crippen LogP contribution in [-0.4, -0.2) is 53.0 Å². The number of hydrogen-bond donors (Lipinski definition) is 0. The number of nitrogens with zero attached hydrogens (tertiary/aromatic N) is 3. The van der Waals surface area contributed by atoms with Gasteiger partial charge < -0.3 is 9.80 Å². The quantitative estimate of drug-likeness (QED) is 0.356. The molecule has 1 aliphatic carbocycles. The Morgan fingerprint density at radius 2 is 1.94 bits per heavy atom. The minimum absolute atomic E-state index is 0.0676. The number of likely N-dealkylation sites (tertiary alicyclic amines) is 1. The Labute approximate surface area is 211 Å². The summed E-state index contributed by atoms with van der Waals surface area (Å²) in [7, 11) is 0. The Morgan fingerprint density at radius 3 is 2.69 bits per heavy atom. The summed E-state index contributed by atoms with van der Waals surface area (Å²) < 4.78 is 52.0. The van der Waals surface area contributed by atoms with E-state index in [1.54, 1.807) is 11.0 Å². The van der Waals surface area contributed by atoms with Gasteiger partial charge in [0.25, 0.3) is 0 Å². The van der Waals surface area contributed by atoms with Gasteiger partial charge in [0.1, 0.15) is 6.67 Å². The molecule has 2 fully saturated rings. The number of amides is 1. The number of hydrogen-bond acceptors (Lipinski definition) is 3. The van der Waals surface area contributed by atoms with Crippen LogP contribution in [0.5, 0.6) is 0 Å². The number of alkyl halides is 4. The molecule has 1 saturated carbocycles. The van der Waals surface area contributed by atoms with Gasteiger partial charge in [-0.2, -0.15) is 13.2 Å². The number of allylic oxidation sites excluding steroid dienone is 4.